The fourth-order valence-corrected chi connectivity index (χ4v) is 4.50. The summed E-state index contributed by atoms with van der Waals surface area (Å²) in [5.74, 6) is 0.650. The first-order valence-corrected chi connectivity index (χ1v) is 10.3. The van der Waals surface area contributed by atoms with Crippen molar-refractivity contribution in [3.05, 3.63) is 52.1 Å². The Labute approximate surface area is 163 Å². The third-order valence-corrected chi connectivity index (χ3v) is 6.61. The van der Waals surface area contributed by atoms with Gasteiger partial charge < -0.3 is 9.64 Å². The molecule has 0 radical (unpaired) electrons. The number of halogens is 2. The van der Waals surface area contributed by atoms with Crippen molar-refractivity contribution < 1.29 is 13.2 Å². The molecule has 1 aliphatic rings. The van der Waals surface area contributed by atoms with Crippen molar-refractivity contribution in [3.63, 3.8) is 0 Å². The first-order chi connectivity index (χ1) is 12.4. The van der Waals surface area contributed by atoms with Crippen LogP contribution in [0.2, 0.25) is 10.0 Å². The Balaban J connectivity index is 1.74. The van der Waals surface area contributed by atoms with Gasteiger partial charge in [-0.05, 0) is 29.8 Å². The summed E-state index contributed by atoms with van der Waals surface area (Å²) in [6.07, 6.45) is 1.39. The Hall–Kier alpha value is -1.38. The van der Waals surface area contributed by atoms with Crippen LogP contribution in [0.5, 0.6) is 0 Å². The molecule has 0 bridgehead atoms. The quantitative estimate of drug-likeness (QED) is 0.750. The minimum Gasteiger partial charge on any atom is -0.379 e. The maximum atomic E-state index is 12.6. The van der Waals surface area contributed by atoms with Crippen LogP contribution in [0.1, 0.15) is 5.56 Å². The topological polar surface area (TPSA) is 62.7 Å². The Morgan fingerprint density at radius 3 is 2.54 bits per heavy atom. The van der Waals surface area contributed by atoms with E-state index in [1.54, 1.807) is 24.3 Å². The van der Waals surface area contributed by atoms with Crippen molar-refractivity contribution in [2.75, 3.05) is 38.3 Å². The summed E-state index contributed by atoms with van der Waals surface area (Å²) in [7, 11) is -1.67. The fourth-order valence-electron chi connectivity index (χ4n) is 2.67. The van der Waals surface area contributed by atoms with Gasteiger partial charge in [0.05, 0.1) is 13.2 Å². The van der Waals surface area contributed by atoms with Crippen LogP contribution in [0.3, 0.4) is 0 Å². The molecule has 140 valence electrons. The van der Waals surface area contributed by atoms with E-state index < -0.39 is 10.0 Å². The van der Waals surface area contributed by atoms with E-state index in [4.69, 9.17) is 27.9 Å². The van der Waals surface area contributed by atoms with Crippen LogP contribution in [0.15, 0.2) is 41.4 Å². The van der Waals surface area contributed by atoms with Crippen LogP contribution in [0.25, 0.3) is 0 Å². The zero-order valence-corrected chi connectivity index (χ0v) is 16.6. The van der Waals surface area contributed by atoms with Crippen molar-refractivity contribution in [1.82, 2.24) is 9.29 Å². The number of nitrogens with zero attached hydrogens (tertiary/aromatic N) is 3. The molecule has 1 saturated heterocycles. The zero-order chi connectivity index (χ0) is 18.7. The molecular weight excluding hydrogens is 397 g/mol. The predicted molar refractivity (Wildman–Crippen MR) is 102 cm³/mol. The Bertz CT molecular complexity index is 869. The summed E-state index contributed by atoms with van der Waals surface area (Å²) in [6.45, 7) is 2.07. The minimum atomic E-state index is -3.54. The van der Waals surface area contributed by atoms with Crippen LogP contribution in [-0.4, -0.2) is 51.1 Å². The Morgan fingerprint density at radius 2 is 1.92 bits per heavy atom. The van der Waals surface area contributed by atoms with Gasteiger partial charge in [0.15, 0.2) is 0 Å². The summed E-state index contributed by atoms with van der Waals surface area (Å²) >= 11 is 12.1. The van der Waals surface area contributed by atoms with Gasteiger partial charge in [-0.3, -0.25) is 0 Å². The van der Waals surface area contributed by atoms with Crippen LogP contribution in [0.4, 0.5) is 5.82 Å². The van der Waals surface area contributed by atoms with E-state index in [0.717, 1.165) is 5.56 Å². The van der Waals surface area contributed by atoms with Gasteiger partial charge in [0.25, 0.3) is 0 Å². The molecule has 9 heteroatoms. The largest absolute Gasteiger partial charge is 0.379 e. The second-order valence-electron chi connectivity index (χ2n) is 5.96. The predicted octanol–water partition coefficient (Wildman–Crippen LogP) is 3.05. The highest BCUT2D eigenvalue weighted by Crippen LogP contribution is 2.24. The first kappa shape index (κ1) is 19.4. The molecule has 0 N–H and O–H groups in total. The highest BCUT2D eigenvalue weighted by Gasteiger charge is 2.26. The molecule has 0 unspecified atom stereocenters. The van der Waals surface area contributed by atoms with E-state index in [0.29, 0.717) is 48.7 Å². The van der Waals surface area contributed by atoms with Gasteiger partial charge in [-0.2, -0.15) is 4.31 Å². The SMILES string of the molecule is CN(Cc1ccc(Cl)cc1Cl)c1ccc(S(=O)(=O)N2CCOCC2)cn1. The lowest BCUT2D eigenvalue weighted by atomic mass is 10.2. The maximum absolute atomic E-state index is 12.6. The van der Waals surface area contributed by atoms with Gasteiger partial charge in [-0.15, -0.1) is 0 Å². The summed E-state index contributed by atoms with van der Waals surface area (Å²) in [4.78, 5) is 6.37. The number of sulfonamides is 1. The van der Waals surface area contributed by atoms with Crippen molar-refractivity contribution >= 4 is 39.0 Å². The van der Waals surface area contributed by atoms with E-state index in [1.807, 2.05) is 18.0 Å². The Morgan fingerprint density at radius 1 is 1.19 bits per heavy atom. The molecule has 0 saturated carbocycles. The molecule has 26 heavy (non-hydrogen) atoms. The molecule has 0 atom stereocenters. The van der Waals surface area contributed by atoms with Crippen LogP contribution < -0.4 is 4.90 Å². The number of hydrogen-bond donors (Lipinski definition) is 0. The summed E-state index contributed by atoms with van der Waals surface area (Å²) in [5, 5.41) is 1.16. The normalized spacial score (nSPS) is 15.8. The number of hydrogen-bond acceptors (Lipinski definition) is 5. The lowest BCUT2D eigenvalue weighted by Crippen LogP contribution is -2.40. The van der Waals surface area contributed by atoms with Crippen LogP contribution >= 0.6 is 23.2 Å². The smallest absolute Gasteiger partial charge is 0.244 e. The second kappa shape index (κ2) is 8.10. The lowest BCUT2D eigenvalue weighted by molar-refractivity contribution is 0.0730. The van der Waals surface area contributed by atoms with E-state index >= 15 is 0 Å². The molecule has 0 amide bonds. The summed E-state index contributed by atoms with van der Waals surface area (Å²) in [5.41, 5.74) is 0.908. The number of pyridine rings is 1. The van der Waals surface area contributed by atoms with E-state index in [2.05, 4.69) is 4.98 Å². The number of benzene rings is 1. The van der Waals surface area contributed by atoms with E-state index in [1.165, 1.54) is 10.5 Å². The number of anilines is 1. The summed E-state index contributed by atoms with van der Waals surface area (Å²) in [6, 6.07) is 8.60. The van der Waals surface area contributed by atoms with Crippen molar-refractivity contribution in [2.45, 2.75) is 11.4 Å². The van der Waals surface area contributed by atoms with Gasteiger partial charge >= 0.3 is 0 Å². The Kier molecular flexibility index (Phi) is 6.04. The third kappa shape index (κ3) is 4.29. The van der Waals surface area contributed by atoms with Crippen molar-refractivity contribution in [1.29, 1.82) is 0 Å². The van der Waals surface area contributed by atoms with Gasteiger partial charge in [-0.25, -0.2) is 13.4 Å². The molecule has 1 aromatic heterocycles. The number of morpholine rings is 1. The summed E-state index contributed by atoms with van der Waals surface area (Å²) < 4.78 is 31.9. The van der Waals surface area contributed by atoms with Crippen molar-refractivity contribution in [3.8, 4) is 0 Å². The number of ether oxygens (including phenoxy) is 1. The van der Waals surface area contributed by atoms with Crippen LogP contribution in [0, 0.1) is 0 Å². The highest BCUT2D eigenvalue weighted by atomic mass is 35.5. The minimum absolute atomic E-state index is 0.182. The van der Waals surface area contributed by atoms with Gasteiger partial charge in [0.1, 0.15) is 10.7 Å². The highest BCUT2D eigenvalue weighted by molar-refractivity contribution is 7.89. The van der Waals surface area contributed by atoms with E-state index in [-0.39, 0.29) is 4.90 Å². The lowest BCUT2D eigenvalue weighted by Gasteiger charge is -2.26. The molecule has 0 spiro atoms. The molecule has 3 rings (SSSR count). The van der Waals surface area contributed by atoms with Gasteiger partial charge in [-0.1, -0.05) is 29.3 Å². The molecule has 1 aliphatic heterocycles. The van der Waals surface area contributed by atoms with Crippen LogP contribution in [-0.2, 0) is 21.3 Å². The third-order valence-electron chi connectivity index (χ3n) is 4.14. The number of rotatable bonds is 5. The monoisotopic (exact) mass is 415 g/mol. The molecule has 2 heterocycles. The maximum Gasteiger partial charge on any atom is 0.244 e. The molecule has 2 aromatic rings. The second-order valence-corrected chi connectivity index (χ2v) is 8.74. The van der Waals surface area contributed by atoms with Crippen molar-refractivity contribution in [2.24, 2.45) is 0 Å². The van der Waals surface area contributed by atoms with E-state index in [9.17, 15) is 8.42 Å². The number of aromatic nitrogens is 1. The molecular formula is C17H19Cl2N3O3S. The average Bonchev–Trinajstić information content (AvgIpc) is 2.65. The fraction of sp³-hybridized carbons (Fsp3) is 0.353. The van der Waals surface area contributed by atoms with Gasteiger partial charge in [0, 0.05) is 42.9 Å². The molecule has 1 fully saturated rings. The average molecular weight is 416 g/mol. The zero-order valence-electron chi connectivity index (χ0n) is 14.2. The molecule has 0 aliphatic carbocycles. The molecule has 1 aromatic carbocycles. The first-order valence-electron chi connectivity index (χ1n) is 8.07. The molecule has 6 nitrogen and oxygen atoms in total. The standard InChI is InChI=1S/C17H19Cl2N3O3S/c1-21(12-13-2-3-14(18)10-16(13)19)17-5-4-15(11-20-17)26(23,24)22-6-8-25-9-7-22/h2-5,10-11H,6-9,12H2,1H3. The van der Waals surface area contributed by atoms with Gasteiger partial charge in [0.2, 0.25) is 10.0 Å².